The maximum absolute atomic E-state index is 8.97. The summed E-state index contributed by atoms with van der Waals surface area (Å²) in [4.78, 5) is 0. The van der Waals surface area contributed by atoms with Gasteiger partial charge < -0.3 is 10.2 Å². The summed E-state index contributed by atoms with van der Waals surface area (Å²) in [6.07, 6.45) is -0.0175. The Morgan fingerprint density at radius 1 is 0.857 bits per heavy atom. The Morgan fingerprint density at radius 3 is 1.64 bits per heavy atom. The minimum atomic E-state index is -0.00877. The van der Waals surface area contributed by atoms with Gasteiger partial charge in [0.25, 0.3) is 0 Å². The number of aliphatic hydroxyl groups excluding tert-OH is 2. The van der Waals surface area contributed by atoms with Gasteiger partial charge in [-0.2, -0.15) is 0 Å². The quantitative estimate of drug-likeness (QED) is 0.282. The van der Waals surface area contributed by atoms with Gasteiger partial charge in [-0.05, 0) is 0 Å². The molecular formula is C8H18N4O2. The van der Waals surface area contributed by atoms with Crippen molar-refractivity contribution in [2.24, 2.45) is 0 Å². The summed E-state index contributed by atoms with van der Waals surface area (Å²) >= 11 is 0. The van der Waals surface area contributed by atoms with Crippen molar-refractivity contribution in [3.05, 3.63) is 0 Å². The average molecular weight is 202 g/mol. The molecule has 6 nitrogen and oxygen atoms in total. The van der Waals surface area contributed by atoms with Crippen molar-refractivity contribution in [2.75, 3.05) is 26.3 Å². The van der Waals surface area contributed by atoms with Crippen molar-refractivity contribution in [1.29, 1.82) is 0 Å². The first-order valence-corrected chi connectivity index (χ1v) is 5.04. The van der Waals surface area contributed by atoms with E-state index in [1.165, 1.54) is 0 Å². The molecule has 2 unspecified atom stereocenters. The molecule has 2 saturated heterocycles. The van der Waals surface area contributed by atoms with Crippen molar-refractivity contribution in [2.45, 2.75) is 24.4 Å². The first-order valence-electron chi connectivity index (χ1n) is 5.04. The molecule has 2 aliphatic heterocycles. The molecule has 6 N–H and O–H groups in total. The summed E-state index contributed by atoms with van der Waals surface area (Å²) in [6, 6.07) is 0.632. The third kappa shape index (κ3) is 2.05. The minimum Gasteiger partial charge on any atom is -0.393 e. The molecule has 0 aromatic heterocycles. The fourth-order valence-electron chi connectivity index (χ4n) is 2.04. The fourth-order valence-corrected chi connectivity index (χ4v) is 2.04. The molecule has 0 spiro atoms. The summed E-state index contributed by atoms with van der Waals surface area (Å²) in [7, 11) is 0. The Morgan fingerprint density at radius 2 is 1.29 bits per heavy atom. The summed E-state index contributed by atoms with van der Waals surface area (Å²) < 4.78 is 0. The predicted octanol–water partition coefficient (Wildman–Crippen LogP) is -3.25. The van der Waals surface area contributed by atoms with Gasteiger partial charge in [0.15, 0.2) is 0 Å². The average Bonchev–Trinajstić information content (AvgIpc) is 2.27. The van der Waals surface area contributed by atoms with E-state index in [2.05, 4.69) is 21.3 Å². The highest BCUT2D eigenvalue weighted by Crippen LogP contribution is 2.05. The normalized spacial score (nSPS) is 43.3. The number of nitrogens with one attached hydrogen (secondary N) is 4. The smallest absolute Gasteiger partial charge is 0.0814 e. The first kappa shape index (κ1) is 10.3. The van der Waals surface area contributed by atoms with Gasteiger partial charge in [-0.25, -0.2) is 0 Å². The van der Waals surface area contributed by atoms with E-state index in [1.54, 1.807) is 0 Å². The lowest BCUT2D eigenvalue weighted by Crippen LogP contribution is -2.74. The first-order chi connectivity index (χ1) is 6.83. The van der Waals surface area contributed by atoms with Crippen LogP contribution >= 0.6 is 0 Å². The van der Waals surface area contributed by atoms with E-state index in [1.807, 2.05) is 0 Å². The largest absolute Gasteiger partial charge is 0.393 e. The number of rotatable bonds is 2. The zero-order valence-corrected chi connectivity index (χ0v) is 8.03. The lowest BCUT2D eigenvalue weighted by atomic mass is 10.0. The SMILES string of the molecule is OCC1NC[C@@H]2NC(CO)NC[C@@H]2N1. The molecule has 2 fully saturated rings. The third-order valence-electron chi connectivity index (χ3n) is 2.85. The number of hydrogen-bond acceptors (Lipinski definition) is 6. The molecule has 82 valence electrons. The van der Waals surface area contributed by atoms with Crippen molar-refractivity contribution in [3.63, 3.8) is 0 Å². The number of hydrogen-bond donors (Lipinski definition) is 6. The van der Waals surface area contributed by atoms with E-state index < -0.39 is 0 Å². The van der Waals surface area contributed by atoms with Gasteiger partial charge in [-0.3, -0.25) is 21.3 Å². The highest BCUT2D eigenvalue weighted by molar-refractivity contribution is 4.97. The Hall–Kier alpha value is -0.240. The second kappa shape index (κ2) is 4.52. The van der Waals surface area contributed by atoms with E-state index in [9.17, 15) is 0 Å². The molecule has 14 heavy (non-hydrogen) atoms. The maximum Gasteiger partial charge on any atom is 0.0814 e. The van der Waals surface area contributed by atoms with Crippen LogP contribution in [0.4, 0.5) is 0 Å². The van der Waals surface area contributed by atoms with E-state index >= 15 is 0 Å². The van der Waals surface area contributed by atoms with Crippen LogP contribution in [-0.4, -0.2) is 60.9 Å². The van der Waals surface area contributed by atoms with Crippen LogP contribution in [0.1, 0.15) is 0 Å². The van der Waals surface area contributed by atoms with Crippen molar-refractivity contribution < 1.29 is 10.2 Å². The summed E-state index contributed by atoms with van der Waals surface area (Å²) in [6.45, 7) is 1.85. The van der Waals surface area contributed by atoms with Crippen molar-refractivity contribution >= 4 is 0 Å². The van der Waals surface area contributed by atoms with Gasteiger partial charge in [-0.1, -0.05) is 0 Å². The molecule has 0 amide bonds. The molecular weight excluding hydrogens is 184 g/mol. The van der Waals surface area contributed by atoms with Crippen LogP contribution < -0.4 is 21.3 Å². The molecule has 2 heterocycles. The highest BCUT2D eigenvalue weighted by Gasteiger charge is 2.33. The molecule has 0 radical (unpaired) electrons. The van der Waals surface area contributed by atoms with Crippen LogP contribution in [0, 0.1) is 0 Å². The van der Waals surface area contributed by atoms with Crippen molar-refractivity contribution in [1.82, 2.24) is 21.3 Å². The molecule has 6 heteroatoms. The summed E-state index contributed by atoms with van der Waals surface area (Å²) in [5.41, 5.74) is 0. The monoisotopic (exact) mass is 202 g/mol. The Kier molecular flexibility index (Phi) is 3.32. The van der Waals surface area contributed by atoms with Crippen LogP contribution in [0.3, 0.4) is 0 Å². The van der Waals surface area contributed by atoms with E-state index in [0.717, 1.165) is 13.1 Å². The van der Waals surface area contributed by atoms with Gasteiger partial charge in [-0.15, -0.1) is 0 Å². The lowest BCUT2D eigenvalue weighted by Gasteiger charge is -2.44. The van der Waals surface area contributed by atoms with Gasteiger partial charge in [0.2, 0.25) is 0 Å². The number of aliphatic hydroxyl groups is 2. The van der Waals surface area contributed by atoms with Gasteiger partial charge in [0.1, 0.15) is 0 Å². The zero-order valence-electron chi connectivity index (χ0n) is 8.03. The molecule has 0 aliphatic carbocycles. The molecule has 0 saturated carbocycles. The van der Waals surface area contributed by atoms with E-state index in [-0.39, 0.29) is 25.5 Å². The van der Waals surface area contributed by atoms with Gasteiger partial charge >= 0.3 is 0 Å². The predicted molar refractivity (Wildman–Crippen MR) is 51.6 cm³/mol. The number of fused-ring (bicyclic) bond motifs is 1. The Bertz CT molecular complexity index is 172. The lowest BCUT2D eigenvalue weighted by molar-refractivity contribution is 0.109. The van der Waals surface area contributed by atoms with Crippen LogP contribution in [0.15, 0.2) is 0 Å². The second-order valence-electron chi connectivity index (χ2n) is 3.83. The molecule has 0 aromatic rings. The summed E-state index contributed by atoms with van der Waals surface area (Å²) in [5.74, 6) is 0. The fraction of sp³-hybridized carbons (Fsp3) is 1.00. The molecule has 0 bridgehead atoms. The zero-order chi connectivity index (χ0) is 9.97. The standard InChI is InChI=1S/C8H18N4O2/c13-3-7-9-1-5-6(12-7)2-10-8(4-14)11-5/h5-14H,1-4H2/t5-,6-,7?,8?/m0/s1. The molecule has 2 aliphatic rings. The minimum absolute atomic E-state index is 0.00877. The van der Waals surface area contributed by atoms with Crippen molar-refractivity contribution in [3.8, 4) is 0 Å². The molecule has 2 rings (SSSR count). The topological polar surface area (TPSA) is 88.6 Å². The summed E-state index contributed by atoms with van der Waals surface area (Å²) in [5, 5.41) is 30.9. The van der Waals surface area contributed by atoms with Crippen LogP contribution in [0.5, 0.6) is 0 Å². The second-order valence-corrected chi connectivity index (χ2v) is 3.83. The van der Waals surface area contributed by atoms with Crippen LogP contribution in [0.2, 0.25) is 0 Å². The maximum atomic E-state index is 8.97. The Balaban J connectivity index is 1.88. The van der Waals surface area contributed by atoms with Crippen LogP contribution in [-0.2, 0) is 0 Å². The third-order valence-corrected chi connectivity index (χ3v) is 2.85. The van der Waals surface area contributed by atoms with Crippen LogP contribution in [0.25, 0.3) is 0 Å². The molecule has 0 aromatic carbocycles. The van der Waals surface area contributed by atoms with Gasteiger partial charge in [0, 0.05) is 25.2 Å². The van der Waals surface area contributed by atoms with E-state index in [0.29, 0.717) is 12.1 Å². The van der Waals surface area contributed by atoms with Gasteiger partial charge in [0.05, 0.1) is 25.5 Å². The van der Waals surface area contributed by atoms with E-state index in [4.69, 9.17) is 10.2 Å². The molecule has 4 atom stereocenters. The Labute approximate surface area is 83.1 Å². The highest BCUT2D eigenvalue weighted by atomic mass is 16.3.